The van der Waals surface area contributed by atoms with Gasteiger partial charge in [0.2, 0.25) is 0 Å². The first-order chi connectivity index (χ1) is 27.2. The minimum Gasteiger partial charge on any atom is -0.478 e. The number of hydrogen-bond donors (Lipinski definition) is 3. The summed E-state index contributed by atoms with van der Waals surface area (Å²) in [7, 11) is 3.91. The van der Waals surface area contributed by atoms with E-state index in [4.69, 9.17) is 15.0 Å². The number of carboxylic acid groups (broad SMARTS) is 2. The van der Waals surface area contributed by atoms with E-state index in [1.807, 2.05) is 133 Å². The van der Waals surface area contributed by atoms with E-state index < -0.39 is 11.9 Å². The highest BCUT2D eigenvalue weighted by Crippen LogP contribution is 2.38. The van der Waals surface area contributed by atoms with E-state index in [1.165, 1.54) is 0 Å². The predicted octanol–water partition coefficient (Wildman–Crippen LogP) is 7.59. The Morgan fingerprint density at radius 2 is 1.04 bits per heavy atom. The van der Waals surface area contributed by atoms with E-state index in [9.17, 15) is 19.8 Å². The average molecular weight is 734 g/mol. The molecule has 0 spiro atoms. The number of carboxylic acids is 2. The van der Waals surface area contributed by atoms with Crippen molar-refractivity contribution in [2.24, 2.45) is 22.0 Å². The van der Waals surface area contributed by atoms with Crippen molar-refractivity contribution in [1.29, 1.82) is 0 Å². The molecule has 5 aliphatic rings. The first-order valence-corrected chi connectivity index (χ1v) is 17.9. The van der Waals surface area contributed by atoms with Gasteiger partial charge in [0.05, 0.1) is 45.4 Å². The van der Waals surface area contributed by atoms with E-state index in [0.29, 0.717) is 50.9 Å². The van der Waals surface area contributed by atoms with Crippen LogP contribution in [0.1, 0.15) is 48.8 Å². The van der Waals surface area contributed by atoms with Gasteiger partial charge in [-0.25, -0.2) is 29.1 Å². The predicted molar refractivity (Wildman–Crippen MR) is 218 cm³/mol. The van der Waals surface area contributed by atoms with Gasteiger partial charge >= 0.3 is 11.9 Å². The van der Waals surface area contributed by atoms with E-state index in [1.54, 1.807) is 36.4 Å². The maximum absolute atomic E-state index is 12.2. The minimum atomic E-state index is -1.03. The summed E-state index contributed by atoms with van der Waals surface area (Å²) in [5.74, 6) is -2.05. The molecule has 0 unspecified atom stereocenters. The molecule has 0 fully saturated rings. The number of aliphatic imine (C=N–C) groups is 3. The van der Waals surface area contributed by atoms with Gasteiger partial charge < -0.3 is 20.1 Å². The van der Waals surface area contributed by atoms with Crippen LogP contribution in [0.4, 0.5) is 0 Å². The molecule has 3 N–H and O–H groups in total. The van der Waals surface area contributed by atoms with E-state index in [-0.39, 0.29) is 11.1 Å². The second kappa shape index (κ2) is 13.6. The Balaban J connectivity index is 1.37. The number of H-pyrrole nitrogens is 1. The van der Waals surface area contributed by atoms with Crippen LogP contribution < -0.4 is 4.57 Å². The lowest BCUT2D eigenvalue weighted by Gasteiger charge is -2.16. The fourth-order valence-corrected chi connectivity index (χ4v) is 7.30. The molecule has 9 rings (SSSR count). The molecule has 0 amide bonds. The van der Waals surface area contributed by atoms with Gasteiger partial charge in [0.15, 0.2) is 12.4 Å². The van der Waals surface area contributed by atoms with E-state index >= 15 is 0 Å². The van der Waals surface area contributed by atoms with Crippen molar-refractivity contribution < 1.29 is 24.4 Å². The van der Waals surface area contributed by atoms with Crippen LogP contribution in [0.2, 0.25) is 0 Å². The number of aromatic carboxylic acids is 2. The third-order valence-electron chi connectivity index (χ3n) is 10.0. The van der Waals surface area contributed by atoms with Gasteiger partial charge in [0, 0.05) is 65.3 Å². The molecule has 10 nitrogen and oxygen atoms in total. The zero-order valence-corrected chi connectivity index (χ0v) is 30.3. The van der Waals surface area contributed by atoms with Crippen LogP contribution in [0.3, 0.4) is 0 Å². The van der Waals surface area contributed by atoms with Crippen molar-refractivity contribution >= 4 is 51.4 Å². The number of aromatic amines is 1. The molecule has 0 saturated heterocycles. The molecule has 0 saturated carbocycles. The standard InChI is InChI=1S/C46H32N6O4/c1-51-21-17-27(18-22-51)41-33-9-13-37(47-33)43(29-5-3-7-31(25-29)45(53)54)39-15-11-35(49-39)42(28-19-23-52(2)24-20-28)36-12-16-40(50-36)44(38-14-10-34(41)48-38)30-6-4-8-32(26-30)46(55)56/h3-26H,1-2H3,(H2-,47,48,49,50,53,54,55,56)/p+1. The lowest BCUT2D eigenvalue weighted by molar-refractivity contribution is -0.671. The molecular weight excluding hydrogens is 701 g/mol. The third kappa shape index (κ3) is 6.14. The topological polar surface area (TPSA) is 135 Å². The molecule has 56 heavy (non-hydrogen) atoms. The van der Waals surface area contributed by atoms with Gasteiger partial charge in [-0.15, -0.1) is 0 Å². The Morgan fingerprint density at radius 1 is 0.571 bits per heavy atom. The zero-order chi connectivity index (χ0) is 38.5. The van der Waals surface area contributed by atoms with Crippen LogP contribution in [-0.2, 0) is 7.05 Å². The number of fused-ring (bicyclic) bond motifs is 5. The summed E-state index contributed by atoms with van der Waals surface area (Å²) >= 11 is 0. The minimum absolute atomic E-state index is 0.155. The number of hydrogen-bond acceptors (Lipinski definition) is 6. The third-order valence-corrected chi connectivity index (χ3v) is 10.0. The van der Waals surface area contributed by atoms with Crippen LogP contribution in [0.5, 0.6) is 0 Å². The molecule has 8 bridgehead atoms. The molecule has 7 heterocycles. The van der Waals surface area contributed by atoms with E-state index in [0.717, 1.165) is 39.2 Å². The molecule has 270 valence electrons. The zero-order valence-electron chi connectivity index (χ0n) is 30.3. The first kappa shape index (κ1) is 34.1. The summed E-state index contributed by atoms with van der Waals surface area (Å²) in [5.41, 5.74) is 12.0. The average Bonchev–Trinajstić information content (AvgIpc) is 4.04. The molecule has 0 radical (unpaired) electrons. The molecule has 2 aromatic heterocycles. The monoisotopic (exact) mass is 733 g/mol. The maximum atomic E-state index is 12.2. The van der Waals surface area contributed by atoms with Crippen molar-refractivity contribution in [3.05, 3.63) is 208 Å². The Morgan fingerprint density at radius 3 is 1.57 bits per heavy atom. The van der Waals surface area contributed by atoms with Crippen LogP contribution in [0, 0.1) is 0 Å². The molecule has 10 heteroatoms. The van der Waals surface area contributed by atoms with E-state index in [2.05, 4.69) is 4.98 Å². The lowest BCUT2D eigenvalue weighted by atomic mass is 9.97. The molecular formula is C46H33N6O4+. The largest absolute Gasteiger partial charge is 0.478 e. The van der Waals surface area contributed by atoms with Gasteiger partial charge in [-0.1, -0.05) is 24.3 Å². The van der Waals surface area contributed by atoms with Gasteiger partial charge in [-0.3, -0.25) is 0 Å². The summed E-state index contributed by atoms with van der Waals surface area (Å²) in [6, 6.07) is 21.7. The fraction of sp³-hybridized carbons (Fsp3) is 0.0435. The molecule has 2 aromatic carbocycles. The smallest absolute Gasteiger partial charge is 0.335 e. The van der Waals surface area contributed by atoms with Crippen molar-refractivity contribution in [1.82, 2.24) is 9.88 Å². The number of carbonyl (C=O) groups is 2. The lowest BCUT2D eigenvalue weighted by Crippen LogP contribution is -2.26. The van der Waals surface area contributed by atoms with Crippen LogP contribution in [0.25, 0.3) is 22.3 Å². The van der Waals surface area contributed by atoms with Gasteiger partial charge in [0.25, 0.3) is 0 Å². The Bertz CT molecular complexity index is 2790. The number of pyridine rings is 1. The fourth-order valence-electron chi connectivity index (χ4n) is 7.30. The number of aromatic nitrogens is 2. The van der Waals surface area contributed by atoms with Gasteiger partial charge in [-0.2, -0.15) is 0 Å². The number of nitrogens with one attached hydrogen (secondary N) is 1. The van der Waals surface area contributed by atoms with Crippen LogP contribution in [-0.4, -0.2) is 56.2 Å². The van der Waals surface area contributed by atoms with Crippen molar-refractivity contribution in [2.45, 2.75) is 0 Å². The Hall–Kier alpha value is -7.72. The molecule has 0 aliphatic carbocycles. The van der Waals surface area contributed by atoms with Crippen LogP contribution >= 0.6 is 0 Å². The van der Waals surface area contributed by atoms with Crippen molar-refractivity contribution in [3.63, 3.8) is 0 Å². The Labute approximate surface area is 321 Å². The molecule has 4 aromatic rings. The number of nitrogens with zero attached hydrogens (tertiary/aromatic N) is 5. The second-order valence-electron chi connectivity index (χ2n) is 13.7. The molecule has 0 atom stereocenters. The number of allylic oxidation sites excluding steroid dienone is 12. The summed E-state index contributed by atoms with van der Waals surface area (Å²) in [4.78, 5) is 45.7. The highest BCUT2D eigenvalue weighted by molar-refractivity contribution is 6.37. The summed E-state index contributed by atoms with van der Waals surface area (Å²) in [6.45, 7) is 0. The summed E-state index contributed by atoms with van der Waals surface area (Å²) in [5, 5.41) is 19.9. The first-order valence-electron chi connectivity index (χ1n) is 17.9. The number of aryl methyl sites for hydroxylation is 1. The highest BCUT2D eigenvalue weighted by atomic mass is 16.4. The van der Waals surface area contributed by atoms with Gasteiger partial charge in [-0.05, 0) is 107 Å². The van der Waals surface area contributed by atoms with Crippen molar-refractivity contribution in [3.8, 4) is 0 Å². The number of rotatable bonds is 5. The molecule has 5 aliphatic heterocycles. The maximum Gasteiger partial charge on any atom is 0.335 e. The highest BCUT2D eigenvalue weighted by Gasteiger charge is 2.27. The Kier molecular flexibility index (Phi) is 8.28. The summed E-state index contributed by atoms with van der Waals surface area (Å²) < 4.78 is 1.96. The van der Waals surface area contributed by atoms with Gasteiger partial charge in [0.1, 0.15) is 7.05 Å². The normalized spacial score (nSPS) is 17.0. The number of benzene rings is 2. The summed E-state index contributed by atoms with van der Waals surface area (Å²) in [6.07, 6.45) is 23.7. The van der Waals surface area contributed by atoms with Crippen LogP contribution in [0.15, 0.2) is 184 Å². The second-order valence-corrected chi connectivity index (χ2v) is 13.7. The van der Waals surface area contributed by atoms with Crippen molar-refractivity contribution in [2.75, 3.05) is 7.05 Å². The SMILES string of the molecule is CN1C=CC(=C2C3=NC(=C(c4cccc(C(=O)O)c4)C4=NC(=C(c5cc[n+](C)cc5)C5=NC(=C(c6cccc(C(=O)O)c6)c6ccc2[nH]6)C=C5)C=C4)C=C3)C=C1. The quantitative estimate of drug-likeness (QED) is 0.182.